The van der Waals surface area contributed by atoms with Gasteiger partial charge in [-0.05, 0) is 46.8 Å². The first kappa shape index (κ1) is 12.6. The molecule has 1 aromatic carbocycles. The van der Waals surface area contributed by atoms with Crippen LogP contribution in [0.15, 0.2) is 28.7 Å². The highest BCUT2D eigenvalue weighted by atomic mass is 79.9. The molecule has 92 valence electrons. The van der Waals surface area contributed by atoms with Crippen LogP contribution in [0.3, 0.4) is 0 Å². The highest BCUT2D eigenvalue weighted by Crippen LogP contribution is 2.26. The molecule has 0 aromatic heterocycles. The molecule has 2 rings (SSSR count). The van der Waals surface area contributed by atoms with Crippen LogP contribution in [0.4, 0.5) is 0 Å². The average molecular weight is 296 g/mol. The van der Waals surface area contributed by atoms with E-state index in [0.717, 1.165) is 16.6 Å². The highest BCUT2D eigenvalue weighted by molar-refractivity contribution is 9.10. The van der Waals surface area contributed by atoms with Crippen molar-refractivity contribution in [2.24, 2.45) is 5.92 Å². The summed E-state index contributed by atoms with van der Waals surface area (Å²) in [6, 6.07) is 7.62. The molecule has 0 radical (unpaired) electrons. The van der Waals surface area contributed by atoms with Gasteiger partial charge in [0.2, 0.25) is 0 Å². The Kier molecular flexibility index (Phi) is 4.21. The van der Waals surface area contributed by atoms with Crippen LogP contribution in [-0.2, 0) is 0 Å². The van der Waals surface area contributed by atoms with Gasteiger partial charge in [0.25, 0.3) is 5.91 Å². The number of halogens is 1. The average Bonchev–Trinajstić information content (AvgIpc) is 2.81. The van der Waals surface area contributed by atoms with Gasteiger partial charge in [0.15, 0.2) is 0 Å². The van der Waals surface area contributed by atoms with Crippen LogP contribution < -0.4 is 0 Å². The van der Waals surface area contributed by atoms with E-state index in [9.17, 15) is 4.79 Å². The molecule has 0 atom stereocenters. The van der Waals surface area contributed by atoms with Crippen molar-refractivity contribution in [3.63, 3.8) is 0 Å². The predicted molar refractivity (Wildman–Crippen MR) is 73.1 cm³/mol. The summed E-state index contributed by atoms with van der Waals surface area (Å²) < 4.78 is 0.878. The van der Waals surface area contributed by atoms with Crippen molar-refractivity contribution in [1.29, 1.82) is 0 Å². The summed E-state index contributed by atoms with van der Waals surface area (Å²) in [6.07, 6.45) is 5.19. The van der Waals surface area contributed by atoms with E-state index in [4.69, 9.17) is 0 Å². The van der Waals surface area contributed by atoms with Crippen molar-refractivity contribution >= 4 is 21.8 Å². The molecule has 3 heteroatoms. The summed E-state index contributed by atoms with van der Waals surface area (Å²) in [5.41, 5.74) is 0.757. The third-order valence-electron chi connectivity index (χ3n) is 3.46. The number of rotatable bonds is 3. The molecule has 0 saturated heterocycles. The lowest BCUT2D eigenvalue weighted by molar-refractivity contribution is 0.0772. The van der Waals surface area contributed by atoms with E-state index in [1.165, 1.54) is 25.7 Å². The maximum absolute atomic E-state index is 12.2. The molecule has 1 amide bonds. The summed E-state index contributed by atoms with van der Waals surface area (Å²) in [7, 11) is 1.90. The maximum atomic E-state index is 12.2. The van der Waals surface area contributed by atoms with Crippen molar-refractivity contribution in [3.8, 4) is 0 Å². The smallest absolute Gasteiger partial charge is 0.254 e. The fourth-order valence-electron chi connectivity index (χ4n) is 2.50. The van der Waals surface area contributed by atoms with Crippen LogP contribution in [0, 0.1) is 5.92 Å². The number of benzene rings is 1. The Morgan fingerprint density at radius 2 is 2.00 bits per heavy atom. The van der Waals surface area contributed by atoms with Gasteiger partial charge in [0, 0.05) is 18.1 Å². The van der Waals surface area contributed by atoms with Gasteiger partial charge in [-0.1, -0.05) is 25.0 Å². The Labute approximate surface area is 111 Å². The van der Waals surface area contributed by atoms with Crippen LogP contribution in [0.25, 0.3) is 0 Å². The minimum absolute atomic E-state index is 0.115. The predicted octanol–water partition coefficient (Wildman–Crippen LogP) is 3.71. The van der Waals surface area contributed by atoms with Gasteiger partial charge in [-0.15, -0.1) is 0 Å². The van der Waals surface area contributed by atoms with Gasteiger partial charge in [0.1, 0.15) is 0 Å². The standard InChI is InChI=1S/C14H18BrNO/c1-16(10-11-6-2-3-7-11)14(17)12-8-4-5-9-13(12)15/h4-5,8-9,11H,2-3,6-7,10H2,1H3. The summed E-state index contributed by atoms with van der Waals surface area (Å²) in [5.74, 6) is 0.816. The van der Waals surface area contributed by atoms with Crippen molar-refractivity contribution < 1.29 is 4.79 Å². The summed E-state index contributed by atoms with van der Waals surface area (Å²) in [4.78, 5) is 14.1. The first-order chi connectivity index (χ1) is 8.18. The molecule has 1 fully saturated rings. The minimum Gasteiger partial charge on any atom is -0.341 e. The van der Waals surface area contributed by atoms with E-state index in [-0.39, 0.29) is 5.91 Å². The lowest BCUT2D eigenvalue weighted by Crippen LogP contribution is -2.31. The fraction of sp³-hybridized carbons (Fsp3) is 0.500. The Morgan fingerprint density at radius 1 is 1.35 bits per heavy atom. The molecule has 0 heterocycles. The normalized spacial score (nSPS) is 16.1. The molecule has 17 heavy (non-hydrogen) atoms. The molecule has 0 unspecified atom stereocenters. The third kappa shape index (κ3) is 3.09. The number of carbonyl (C=O) groups is 1. The zero-order valence-corrected chi connectivity index (χ0v) is 11.7. The van der Waals surface area contributed by atoms with Crippen LogP contribution in [0.5, 0.6) is 0 Å². The fourth-order valence-corrected chi connectivity index (χ4v) is 2.96. The zero-order chi connectivity index (χ0) is 12.3. The van der Waals surface area contributed by atoms with Crippen molar-refractivity contribution in [3.05, 3.63) is 34.3 Å². The molecular weight excluding hydrogens is 278 g/mol. The molecule has 0 N–H and O–H groups in total. The summed E-state index contributed by atoms with van der Waals surface area (Å²) >= 11 is 3.43. The van der Waals surface area contributed by atoms with Crippen LogP contribution in [0.1, 0.15) is 36.0 Å². The minimum atomic E-state index is 0.115. The number of hydrogen-bond acceptors (Lipinski definition) is 1. The molecule has 1 saturated carbocycles. The van der Waals surface area contributed by atoms with Crippen molar-refractivity contribution in [2.75, 3.05) is 13.6 Å². The van der Waals surface area contributed by atoms with Gasteiger partial charge in [-0.3, -0.25) is 4.79 Å². The molecule has 1 aromatic rings. The molecule has 0 aliphatic heterocycles. The maximum Gasteiger partial charge on any atom is 0.254 e. The second-order valence-corrected chi connectivity index (χ2v) is 5.67. The third-order valence-corrected chi connectivity index (χ3v) is 4.15. The summed E-state index contributed by atoms with van der Waals surface area (Å²) in [5, 5.41) is 0. The number of carbonyl (C=O) groups excluding carboxylic acids is 1. The van der Waals surface area contributed by atoms with E-state index >= 15 is 0 Å². The highest BCUT2D eigenvalue weighted by Gasteiger charge is 2.21. The quantitative estimate of drug-likeness (QED) is 0.832. The zero-order valence-electron chi connectivity index (χ0n) is 10.2. The SMILES string of the molecule is CN(CC1CCCC1)C(=O)c1ccccc1Br. The van der Waals surface area contributed by atoms with Gasteiger partial charge in [0.05, 0.1) is 5.56 Å². The summed E-state index contributed by atoms with van der Waals surface area (Å²) in [6.45, 7) is 0.889. The van der Waals surface area contributed by atoms with Crippen molar-refractivity contribution in [2.45, 2.75) is 25.7 Å². The van der Waals surface area contributed by atoms with E-state index in [0.29, 0.717) is 5.92 Å². The number of hydrogen-bond donors (Lipinski definition) is 0. The number of amides is 1. The Balaban J connectivity index is 2.01. The number of nitrogens with zero attached hydrogens (tertiary/aromatic N) is 1. The van der Waals surface area contributed by atoms with E-state index in [1.807, 2.05) is 36.2 Å². The Hall–Kier alpha value is -0.830. The first-order valence-electron chi connectivity index (χ1n) is 6.18. The Morgan fingerprint density at radius 3 is 2.65 bits per heavy atom. The van der Waals surface area contributed by atoms with E-state index in [2.05, 4.69) is 15.9 Å². The molecule has 0 bridgehead atoms. The molecule has 1 aliphatic carbocycles. The van der Waals surface area contributed by atoms with E-state index in [1.54, 1.807) is 0 Å². The van der Waals surface area contributed by atoms with Gasteiger partial charge < -0.3 is 4.90 Å². The first-order valence-corrected chi connectivity index (χ1v) is 6.98. The Bertz CT molecular complexity index is 399. The van der Waals surface area contributed by atoms with Gasteiger partial charge >= 0.3 is 0 Å². The molecule has 2 nitrogen and oxygen atoms in total. The van der Waals surface area contributed by atoms with Gasteiger partial charge in [-0.25, -0.2) is 0 Å². The molecular formula is C14H18BrNO. The topological polar surface area (TPSA) is 20.3 Å². The lowest BCUT2D eigenvalue weighted by Gasteiger charge is -2.21. The van der Waals surface area contributed by atoms with Crippen molar-refractivity contribution in [1.82, 2.24) is 4.90 Å². The monoisotopic (exact) mass is 295 g/mol. The van der Waals surface area contributed by atoms with Crippen LogP contribution >= 0.6 is 15.9 Å². The molecule has 1 aliphatic rings. The largest absolute Gasteiger partial charge is 0.341 e. The van der Waals surface area contributed by atoms with Crippen LogP contribution in [0.2, 0.25) is 0 Å². The molecule has 0 spiro atoms. The van der Waals surface area contributed by atoms with Gasteiger partial charge in [-0.2, -0.15) is 0 Å². The second kappa shape index (κ2) is 5.67. The second-order valence-electron chi connectivity index (χ2n) is 4.82. The van der Waals surface area contributed by atoms with E-state index < -0.39 is 0 Å². The lowest BCUT2D eigenvalue weighted by atomic mass is 10.1. The van der Waals surface area contributed by atoms with Crippen LogP contribution in [-0.4, -0.2) is 24.4 Å².